The predicted octanol–water partition coefficient (Wildman–Crippen LogP) is 2.82. The molecule has 13 heavy (non-hydrogen) atoms. The Morgan fingerprint density at radius 2 is 2.31 bits per heavy atom. The van der Waals surface area contributed by atoms with E-state index in [4.69, 9.17) is 5.73 Å². The van der Waals surface area contributed by atoms with E-state index in [1.54, 1.807) is 0 Å². The molecule has 0 unspecified atom stereocenters. The maximum Gasteiger partial charge on any atom is 0.0204 e. The van der Waals surface area contributed by atoms with Gasteiger partial charge >= 0.3 is 0 Å². The molecule has 0 amide bonds. The summed E-state index contributed by atoms with van der Waals surface area (Å²) in [6.07, 6.45) is 1.28. The first-order valence-corrected chi connectivity index (χ1v) is 5.48. The van der Waals surface area contributed by atoms with E-state index in [1.165, 1.54) is 22.0 Å². The first kappa shape index (κ1) is 9.22. The van der Waals surface area contributed by atoms with E-state index in [2.05, 4.69) is 41.1 Å². The summed E-state index contributed by atoms with van der Waals surface area (Å²) < 4.78 is 1.20. The molecule has 0 bridgehead atoms. The second kappa shape index (κ2) is 3.43. The predicted molar refractivity (Wildman–Crippen MR) is 58.8 cm³/mol. The molecule has 0 aromatic heterocycles. The van der Waals surface area contributed by atoms with Crippen LogP contribution in [-0.2, 0) is 0 Å². The molecular formula is C11H14BrN. The van der Waals surface area contributed by atoms with Crippen molar-refractivity contribution in [1.29, 1.82) is 0 Å². The van der Waals surface area contributed by atoms with Gasteiger partial charge in [0.25, 0.3) is 0 Å². The van der Waals surface area contributed by atoms with Crippen molar-refractivity contribution in [3.05, 3.63) is 33.8 Å². The van der Waals surface area contributed by atoms with Gasteiger partial charge in [0.15, 0.2) is 0 Å². The summed E-state index contributed by atoms with van der Waals surface area (Å²) >= 11 is 3.51. The van der Waals surface area contributed by atoms with Gasteiger partial charge in [0, 0.05) is 4.47 Å². The number of hydrogen-bond donors (Lipinski definition) is 1. The molecule has 2 atom stereocenters. The Bertz CT molecular complexity index is 322. The third-order valence-corrected chi connectivity index (χ3v) is 3.73. The molecule has 2 rings (SSSR count). The van der Waals surface area contributed by atoms with Gasteiger partial charge in [0.05, 0.1) is 0 Å². The van der Waals surface area contributed by atoms with Gasteiger partial charge in [-0.25, -0.2) is 0 Å². The highest BCUT2D eigenvalue weighted by atomic mass is 79.9. The maximum absolute atomic E-state index is 5.62. The zero-order valence-electron chi connectivity index (χ0n) is 7.76. The van der Waals surface area contributed by atoms with Gasteiger partial charge in [-0.2, -0.15) is 0 Å². The Morgan fingerprint density at radius 3 is 2.85 bits per heavy atom. The molecule has 0 heterocycles. The molecule has 1 aliphatic rings. The fraction of sp³-hybridized carbons (Fsp3) is 0.455. The van der Waals surface area contributed by atoms with Crippen molar-refractivity contribution < 1.29 is 0 Å². The lowest BCUT2D eigenvalue weighted by Crippen LogP contribution is -2.01. The summed E-state index contributed by atoms with van der Waals surface area (Å²) in [5.74, 6) is 1.47. The number of hydrogen-bond acceptors (Lipinski definition) is 1. The summed E-state index contributed by atoms with van der Waals surface area (Å²) in [6.45, 7) is 2.97. The van der Waals surface area contributed by atoms with Crippen molar-refractivity contribution in [1.82, 2.24) is 0 Å². The van der Waals surface area contributed by atoms with Crippen LogP contribution in [0.3, 0.4) is 0 Å². The van der Waals surface area contributed by atoms with Crippen LogP contribution in [0.1, 0.15) is 23.5 Å². The second-order valence-corrected chi connectivity index (χ2v) is 4.70. The number of nitrogens with two attached hydrogens (primary N) is 1. The lowest BCUT2D eigenvalue weighted by molar-refractivity contribution is 0.809. The highest BCUT2D eigenvalue weighted by molar-refractivity contribution is 9.10. The van der Waals surface area contributed by atoms with Crippen molar-refractivity contribution in [3.8, 4) is 0 Å². The minimum atomic E-state index is 0.733. The van der Waals surface area contributed by atoms with Crippen molar-refractivity contribution >= 4 is 15.9 Å². The van der Waals surface area contributed by atoms with Gasteiger partial charge in [-0.1, -0.05) is 28.1 Å². The molecule has 1 nitrogen and oxygen atoms in total. The molecule has 2 N–H and O–H groups in total. The Labute approximate surface area is 87.5 Å². The minimum absolute atomic E-state index is 0.733. The van der Waals surface area contributed by atoms with Crippen LogP contribution in [-0.4, -0.2) is 6.54 Å². The maximum atomic E-state index is 5.62. The van der Waals surface area contributed by atoms with E-state index >= 15 is 0 Å². The van der Waals surface area contributed by atoms with E-state index < -0.39 is 0 Å². The van der Waals surface area contributed by atoms with Gasteiger partial charge < -0.3 is 5.73 Å². The molecule has 70 valence electrons. The van der Waals surface area contributed by atoms with Crippen molar-refractivity contribution in [2.75, 3.05) is 6.54 Å². The van der Waals surface area contributed by atoms with Crippen molar-refractivity contribution in [2.45, 2.75) is 19.3 Å². The molecule has 2 heteroatoms. The van der Waals surface area contributed by atoms with E-state index in [1.807, 2.05) is 0 Å². The quantitative estimate of drug-likeness (QED) is 0.845. The third-order valence-electron chi connectivity index (χ3n) is 2.84. The lowest BCUT2D eigenvalue weighted by Gasteiger charge is -2.02. The van der Waals surface area contributed by atoms with Crippen molar-refractivity contribution in [3.63, 3.8) is 0 Å². The zero-order valence-corrected chi connectivity index (χ0v) is 9.34. The van der Waals surface area contributed by atoms with Crippen LogP contribution < -0.4 is 5.73 Å². The lowest BCUT2D eigenvalue weighted by atomic mass is 10.1. The number of halogens is 1. The highest BCUT2D eigenvalue weighted by Gasteiger charge is 2.36. The molecule has 0 radical (unpaired) electrons. The highest BCUT2D eigenvalue weighted by Crippen LogP contribution is 2.47. The molecule has 1 aliphatic carbocycles. The average Bonchev–Trinajstić information content (AvgIpc) is 2.88. The van der Waals surface area contributed by atoms with Crippen LogP contribution in [0, 0.1) is 12.8 Å². The third kappa shape index (κ3) is 1.79. The molecule has 0 spiro atoms. The van der Waals surface area contributed by atoms with Gasteiger partial charge in [-0.3, -0.25) is 0 Å². The summed E-state index contributed by atoms with van der Waals surface area (Å²) in [7, 11) is 0. The van der Waals surface area contributed by atoms with Crippen LogP contribution >= 0.6 is 15.9 Å². The second-order valence-electron chi connectivity index (χ2n) is 3.85. The molecule has 0 aliphatic heterocycles. The van der Waals surface area contributed by atoms with E-state index in [0.717, 1.165) is 18.4 Å². The first-order chi connectivity index (χ1) is 6.22. The van der Waals surface area contributed by atoms with Crippen LogP contribution in [0.25, 0.3) is 0 Å². The zero-order chi connectivity index (χ0) is 9.42. The smallest absolute Gasteiger partial charge is 0.0204 e. The van der Waals surface area contributed by atoms with E-state index in [0.29, 0.717) is 0 Å². The Morgan fingerprint density at radius 1 is 1.54 bits per heavy atom. The standard InChI is InChI=1S/C11H14BrN/c1-7-4-8(2-3-11(7)12)10-5-9(10)6-13/h2-4,9-10H,5-6,13H2,1H3/t9-,10-/m0/s1. The van der Waals surface area contributed by atoms with Gasteiger partial charge in [0.1, 0.15) is 0 Å². The fourth-order valence-electron chi connectivity index (χ4n) is 1.81. The van der Waals surface area contributed by atoms with Crippen molar-refractivity contribution in [2.24, 2.45) is 11.7 Å². The van der Waals surface area contributed by atoms with E-state index in [9.17, 15) is 0 Å². The van der Waals surface area contributed by atoms with Crippen LogP contribution in [0.5, 0.6) is 0 Å². The number of aryl methyl sites for hydroxylation is 1. The van der Waals surface area contributed by atoms with Gasteiger partial charge in [-0.05, 0) is 48.9 Å². The first-order valence-electron chi connectivity index (χ1n) is 4.68. The van der Waals surface area contributed by atoms with Crippen LogP contribution in [0.15, 0.2) is 22.7 Å². The Kier molecular flexibility index (Phi) is 2.43. The largest absolute Gasteiger partial charge is 0.330 e. The number of rotatable bonds is 2. The Hall–Kier alpha value is -0.340. The van der Waals surface area contributed by atoms with Crippen LogP contribution in [0.2, 0.25) is 0 Å². The fourth-order valence-corrected chi connectivity index (χ4v) is 2.06. The molecule has 1 aromatic rings. The molecule has 1 fully saturated rings. The summed E-state index contributed by atoms with van der Waals surface area (Å²) in [6, 6.07) is 6.61. The van der Waals surface area contributed by atoms with Gasteiger partial charge in [-0.15, -0.1) is 0 Å². The normalized spacial score (nSPS) is 26.1. The summed E-state index contributed by atoms with van der Waals surface area (Å²) in [5, 5.41) is 0. The SMILES string of the molecule is Cc1cc([C@@H]2C[C@H]2CN)ccc1Br. The van der Waals surface area contributed by atoms with E-state index in [-0.39, 0.29) is 0 Å². The Balaban J connectivity index is 2.19. The molecule has 1 saturated carbocycles. The topological polar surface area (TPSA) is 26.0 Å². The summed E-state index contributed by atoms with van der Waals surface area (Å²) in [4.78, 5) is 0. The monoisotopic (exact) mass is 239 g/mol. The molecule has 1 aromatic carbocycles. The molecule has 0 saturated heterocycles. The molecular weight excluding hydrogens is 226 g/mol. The minimum Gasteiger partial charge on any atom is -0.330 e. The average molecular weight is 240 g/mol. The summed E-state index contributed by atoms with van der Waals surface area (Å²) in [5.41, 5.74) is 8.39. The van der Waals surface area contributed by atoms with Crippen LogP contribution in [0.4, 0.5) is 0 Å². The number of benzene rings is 1. The van der Waals surface area contributed by atoms with Gasteiger partial charge in [0.2, 0.25) is 0 Å².